The largest absolute Gasteiger partial charge is 0.393 e. The quantitative estimate of drug-likeness (QED) is 0.859. The molecule has 0 fully saturated rings. The normalized spacial score (nSPS) is 12.4. The molecule has 0 aliphatic carbocycles. The third-order valence-electron chi connectivity index (χ3n) is 3.65. The minimum absolute atomic E-state index is 0.262. The van der Waals surface area contributed by atoms with Crippen LogP contribution >= 0.6 is 0 Å². The molecule has 0 bridgehead atoms. The molecule has 0 amide bonds. The van der Waals surface area contributed by atoms with Crippen LogP contribution in [-0.4, -0.2) is 11.2 Å². The van der Waals surface area contributed by atoms with Gasteiger partial charge in [-0.3, -0.25) is 0 Å². The van der Waals surface area contributed by atoms with E-state index in [-0.39, 0.29) is 6.10 Å². The number of aliphatic hydroxyl groups excluding tert-OH is 1. The van der Waals surface area contributed by atoms with Gasteiger partial charge in [0.2, 0.25) is 0 Å². The topological polar surface area (TPSA) is 20.2 Å². The Hall–Kier alpha value is -1.60. The Kier molecular flexibility index (Phi) is 4.75. The van der Waals surface area contributed by atoms with Gasteiger partial charge in [0.05, 0.1) is 6.10 Å². The second-order valence-electron chi connectivity index (χ2n) is 5.30. The van der Waals surface area contributed by atoms with E-state index >= 15 is 0 Å². The summed E-state index contributed by atoms with van der Waals surface area (Å²) in [4.78, 5) is 0. The summed E-state index contributed by atoms with van der Waals surface area (Å²) in [6.07, 6.45) is 2.24. The molecule has 1 atom stereocenters. The molecule has 1 unspecified atom stereocenters. The van der Waals surface area contributed by atoms with Crippen molar-refractivity contribution in [1.29, 1.82) is 0 Å². The van der Waals surface area contributed by atoms with Crippen LogP contribution in [0.5, 0.6) is 0 Å². The second-order valence-corrected chi connectivity index (χ2v) is 5.30. The predicted octanol–water partition coefficient (Wildman–Crippen LogP) is 3.84. The van der Waals surface area contributed by atoms with E-state index in [1.54, 1.807) is 0 Å². The molecule has 0 radical (unpaired) electrons. The summed E-state index contributed by atoms with van der Waals surface area (Å²) in [6, 6.07) is 16.8. The first-order valence-corrected chi connectivity index (χ1v) is 6.93. The summed E-state index contributed by atoms with van der Waals surface area (Å²) in [5.41, 5.74) is 5.13. The van der Waals surface area contributed by atoms with E-state index in [4.69, 9.17) is 0 Å². The highest BCUT2D eigenvalue weighted by Crippen LogP contribution is 2.14. The summed E-state index contributed by atoms with van der Waals surface area (Å²) in [5.74, 6) is 0. The Balaban J connectivity index is 1.87. The molecule has 19 heavy (non-hydrogen) atoms. The number of hydrogen-bond acceptors (Lipinski definition) is 1. The van der Waals surface area contributed by atoms with Gasteiger partial charge < -0.3 is 5.11 Å². The maximum atomic E-state index is 10.1. The van der Waals surface area contributed by atoms with Gasteiger partial charge in [-0.05, 0) is 55.4 Å². The van der Waals surface area contributed by atoms with Gasteiger partial charge in [0, 0.05) is 0 Å². The van der Waals surface area contributed by atoms with Gasteiger partial charge >= 0.3 is 0 Å². The van der Waals surface area contributed by atoms with Crippen LogP contribution in [0.1, 0.15) is 28.7 Å². The average molecular weight is 254 g/mol. The van der Waals surface area contributed by atoms with E-state index in [9.17, 15) is 5.11 Å². The van der Waals surface area contributed by atoms with Crippen LogP contribution in [0.15, 0.2) is 48.5 Å². The zero-order valence-corrected chi connectivity index (χ0v) is 11.8. The molecule has 0 aromatic heterocycles. The van der Waals surface area contributed by atoms with Gasteiger partial charge in [0.25, 0.3) is 0 Å². The smallest absolute Gasteiger partial charge is 0.0583 e. The molecular formula is C18H22O. The highest BCUT2D eigenvalue weighted by molar-refractivity contribution is 5.30. The third-order valence-corrected chi connectivity index (χ3v) is 3.65. The van der Waals surface area contributed by atoms with Crippen LogP contribution in [0.2, 0.25) is 0 Å². The molecule has 0 saturated carbocycles. The molecule has 1 heteroatoms. The Morgan fingerprint density at radius 3 is 2.32 bits per heavy atom. The molecule has 0 heterocycles. The molecule has 100 valence electrons. The fraction of sp³-hybridized carbons (Fsp3) is 0.333. The molecule has 2 rings (SSSR count). The first-order valence-electron chi connectivity index (χ1n) is 6.93. The highest BCUT2D eigenvalue weighted by atomic mass is 16.3. The highest BCUT2D eigenvalue weighted by Gasteiger charge is 2.06. The zero-order chi connectivity index (χ0) is 13.7. The van der Waals surface area contributed by atoms with Gasteiger partial charge in [-0.15, -0.1) is 0 Å². The standard InChI is InChI=1S/C18H22O/c1-14-8-9-17(12-15(14)2)13-18(19)11-10-16-6-4-3-5-7-16/h3-9,12,18-19H,10-11,13H2,1-2H3. The fourth-order valence-electron chi connectivity index (χ4n) is 2.28. The van der Waals surface area contributed by atoms with Gasteiger partial charge in [-0.25, -0.2) is 0 Å². The van der Waals surface area contributed by atoms with E-state index in [1.165, 1.54) is 22.3 Å². The van der Waals surface area contributed by atoms with Crippen molar-refractivity contribution in [3.05, 3.63) is 70.8 Å². The Bertz CT molecular complexity index is 516. The SMILES string of the molecule is Cc1ccc(CC(O)CCc2ccccc2)cc1C. The van der Waals surface area contributed by atoms with Crippen molar-refractivity contribution in [1.82, 2.24) is 0 Å². The van der Waals surface area contributed by atoms with Gasteiger partial charge in [0.15, 0.2) is 0 Å². The van der Waals surface area contributed by atoms with E-state index in [1.807, 2.05) is 18.2 Å². The van der Waals surface area contributed by atoms with Gasteiger partial charge in [-0.2, -0.15) is 0 Å². The third kappa shape index (κ3) is 4.22. The molecule has 1 N–H and O–H groups in total. The Labute approximate surface area is 115 Å². The molecule has 0 aliphatic rings. The van der Waals surface area contributed by atoms with Crippen LogP contribution < -0.4 is 0 Å². The van der Waals surface area contributed by atoms with Crippen molar-refractivity contribution in [2.45, 2.75) is 39.2 Å². The number of hydrogen-bond donors (Lipinski definition) is 1. The molecule has 2 aromatic rings. The van der Waals surface area contributed by atoms with Crippen molar-refractivity contribution in [2.24, 2.45) is 0 Å². The summed E-state index contributed by atoms with van der Waals surface area (Å²) < 4.78 is 0. The van der Waals surface area contributed by atoms with Crippen LogP contribution in [0.4, 0.5) is 0 Å². The lowest BCUT2D eigenvalue weighted by Crippen LogP contribution is -2.11. The summed E-state index contributed by atoms with van der Waals surface area (Å²) in [5, 5.41) is 10.1. The lowest BCUT2D eigenvalue weighted by atomic mass is 9.99. The number of benzene rings is 2. The van der Waals surface area contributed by atoms with Crippen molar-refractivity contribution in [3.8, 4) is 0 Å². The fourth-order valence-corrected chi connectivity index (χ4v) is 2.28. The van der Waals surface area contributed by atoms with Gasteiger partial charge in [-0.1, -0.05) is 48.5 Å². The van der Waals surface area contributed by atoms with Crippen LogP contribution in [-0.2, 0) is 12.8 Å². The molecule has 0 aliphatic heterocycles. The first kappa shape index (κ1) is 13.8. The monoisotopic (exact) mass is 254 g/mol. The van der Waals surface area contributed by atoms with Crippen LogP contribution in [0, 0.1) is 13.8 Å². The number of rotatable bonds is 5. The molecule has 0 spiro atoms. The summed E-state index contributed by atoms with van der Waals surface area (Å²) >= 11 is 0. The minimum Gasteiger partial charge on any atom is -0.393 e. The maximum Gasteiger partial charge on any atom is 0.0583 e. The zero-order valence-electron chi connectivity index (χ0n) is 11.8. The number of aryl methyl sites for hydroxylation is 3. The molecular weight excluding hydrogens is 232 g/mol. The summed E-state index contributed by atoms with van der Waals surface area (Å²) in [7, 11) is 0. The van der Waals surface area contributed by atoms with E-state index in [0.29, 0.717) is 0 Å². The Morgan fingerprint density at radius 1 is 0.895 bits per heavy atom. The van der Waals surface area contributed by atoms with E-state index in [2.05, 4.69) is 44.2 Å². The maximum absolute atomic E-state index is 10.1. The van der Waals surface area contributed by atoms with Crippen molar-refractivity contribution < 1.29 is 5.11 Å². The lowest BCUT2D eigenvalue weighted by Gasteiger charge is -2.12. The van der Waals surface area contributed by atoms with E-state index < -0.39 is 0 Å². The molecule has 2 aromatic carbocycles. The Morgan fingerprint density at radius 2 is 1.63 bits per heavy atom. The lowest BCUT2D eigenvalue weighted by molar-refractivity contribution is 0.165. The van der Waals surface area contributed by atoms with Crippen molar-refractivity contribution in [2.75, 3.05) is 0 Å². The van der Waals surface area contributed by atoms with Gasteiger partial charge in [0.1, 0.15) is 0 Å². The minimum atomic E-state index is -0.262. The second kappa shape index (κ2) is 6.53. The summed E-state index contributed by atoms with van der Waals surface area (Å²) in [6.45, 7) is 4.24. The first-order chi connectivity index (χ1) is 9.15. The molecule has 0 saturated heterocycles. The van der Waals surface area contributed by atoms with Crippen LogP contribution in [0.3, 0.4) is 0 Å². The predicted molar refractivity (Wildman–Crippen MR) is 80.4 cm³/mol. The van der Waals surface area contributed by atoms with Crippen molar-refractivity contribution in [3.63, 3.8) is 0 Å². The average Bonchev–Trinajstić information content (AvgIpc) is 2.42. The van der Waals surface area contributed by atoms with Crippen molar-refractivity contribution >= 4 is 0 Å². The van der Waals surface area contributed by atoms with E-state index in [0.717, 1.165) is 19.3 Å². The molecule has 1 nitrogen and oxygen atoms in total. The van der Waals surface area contributed by atoms with Crippen LogP contribution in [0.25, 0.3) is 0 Å². The number of aliphatic hydroxyl groups is 1.